The smallest absolute Gasteiger partial charge is 0.407 e. The van der Waals surface area contributed by atoms with Crippen LogP contribution in [0, 0.1) is 17.6 Å². The molecule has 0 bridgehead atoms. The monoisotopic (exact) mass is 479 g/mol. The number of carbonyl (C=O) groups is 2. The molecule has 3 rings (SSSR count). The number of aromatic nitrogens is 1. The van der Waals surface area contributed by atoms with Gasteiger partial charge in [0.25, 0.3) is 0 Å². The Labute approximate surface area is 196 Å². The number of carboxylic acids is 1. The Balaban J connectivity index is 1.94. The lowest BCUT2D eigenvalue weighted by molar-refractivity contribution is 0.0486. The fourth-order valence-electron chi connectivity index (χ4n) is 4.50. The largest absolute Gasteiger partial charge is 0.477 e. The number of nitrogens with one attached hydrogen (secondary N) is 1. The lowest BCUT2D eigenvalue weighted by atomic mass is 9.97. The summed E-state index contributed by atoms with van der Waals surface area (Å²) in [4.78, 5) is 37.8. The minimum Gasteiger partial charge on any atom is -0.477 e. The number of alkyl carbamates (subject to hydrolysis) is 1. The summed E-state index contributed by atoms with van der Waals surface area (Å²) >= 11 is 0. The molecule has 1 unspecified atom stereocenters. The first-order valence-corrected chi connectivity index (χ1v) is 11.4. The number of nitrogens with zero attached hydrogens (tertiary/aromatic N) is 2. The van der Waals surface area contributed by atoms with Gasteiger partial charge in [-0.15, -0.1) is 0 Å². The molecule has 1 saturated heterocycles. The molecule has 8 nitrogen and oxygen atoms in total. The number of halogens is 2. The van der Waals surface area contributed by atoms with Gasteiger partial charge in [0.2, 0.25) is 5.43 Å². The quantitative estimate of drug-likeness (QED) is 0.646. The van der Waals surface area contributed by atoms with E-state index in [1.165, 1.54) is 4.57 Å². The summed E-state index contributed by atoms with van der Waals surface area (Å²) < 4.78 is 37.4. The number of aryl methyl sites for hydroxylation is 1. The number of carboxylic acid groups (broad SMARTS) is 1. The third-order valence-electron chi connectivity index (χ3n) is 6.05. The number of ether oxygens (including phenoxy) is 1. The highest BCUT2D eigenvalue weighted by molar-refractivity contribution is 5.93. The highest BCUT2D eigenvalue weighted by Gasteiger charge is 2.34. The van der Waals surface area contributed by atoms with Gasteiger partial charge in [-0.25, -0.2) is 18.4 Å². The van der Waals surface area contributed by atoms with Gasteiger partial charge in [-0.05, 0) is 52.5 Å². The Hall–Kier alpha value is -3.17. The van der Waals surface area contributed by atoms with Crippen molar-refractivity contribution in [2.24, 2.45) is 5.92 Å². The maximum atomic E-state index is 15.7. The minimum atomic E-state index is -1.45. The summed E-state index contributed by atoms with van der Waals surface area (Å²) in [5.41, 5.74) is -2.50. The summed E-state index contributed by atoms with van der Waals surface area (Å²) in [7, 11) is 0. The number of fused-ring (bicyclic) bond motifs is 1. The van der Waals surface area contributed by atoms with Crippen LogP contribution in [0.2, 0.25) is 0 Å². The van der Waals surface area contributed by atoms with Crippen LogP contribution in [0.1, 0.15) is 57.8 Å². The number of aromatic carboxylic acids is 1. The zero-order valence-electron chi connectivity index (χ0n) is 20.1. The molecule has 2 atom stereocenters. The van der Waals surface area contributed by atoms with E-state index >= 15 is 8.78 Å². The Kier molecular flexibility index (Phi) is 7.18. The zero-order valence-corrected chi connectivity index (χ0v) is 20.1. The predicted molar refractivity (Wildman–Crippen MR) is 125 cm³/mol. The number of carbonyl (C=O) groups excluding carboxylic acids is 1. The molecule has 186 valence electrons. The van der Waals surface area contributed by atoms with Gasteiger partial charge >= 0.3 is 12.1 Å². The SMILES string of the molecule is CC[C@H](NC(=O)OC(C)(C)C)C1CCN(c2c(F)cc3c(=O)c(C(=O)O)cn(CC)c3c2F)C1. The number of pyridine rings is 1. The first-order chi connectivity index (χ1) is 15.9. The van der Waals surface area contributed by atoms with Crippen molar-refractivity contribution in [2.45, 2.75) is 65.6 Å². The van der Waals surface area contributed by atoms with Crippen LogP contribution in [-0.2, 0) is 11.3 Å². The normalized spacial score (nSPS) is 17.1. The maximum Gasteiger partial charge on any atom is 0.407 e. The molecule has 34 heavy (non-hydrogen) atoms. The van der Waals surface area contributed by atoms with Crippen molar-refractivity contribution in [3.8, 4) is 0 Å². The Morgan fingerprint density at radius 2 is 1.97 bits per heavy atom. The minimum absolute atomic E-state index is 0.0604. The second-order valence-electron chi connectivity index (χ2n) is 9.54. The molecule has 0 aliphatic carbocycles. The molecule has 0 radical (unpaired) electrons. The van der Waals surface area contributed by atoms with E-state index in [9.17, 15) is 19.5 Å². The van der Waals surface area contributed by atoms with E-state index in [1.54, 1.807) is 32.6 Å². The third kappa shape index (κ3) is 5.00. The van der Waals surface area contributed by atoms with Crippen LogP contribution >= 0.6 is 0 Å². The van der Waals surface area contributed by atoms with Crippen LogP contribution in [0.3, 0.4) is 0 Å². The summed E-state index contributed by atoms with van der Waals surface area (Å²) in [5, 5.41) is 11.8. The van der Waals surface area contributed by atoms with Crippen molar-refractivity contribution in [1.29, 1.82) is 0 Å². The van der Waals surface area contributed by atoms with Crippen LogP contribution in [-0.4, -0.2) is 46.5 Å². The van der Waals surface area contributed by atoms with E-state index in [0.717, 1.165) is 12.3 Å². The van der Waals surface area contributed by atoms with Gasteiger partial charge in [-0.2, -0.15) is 0 Å². The maximum absolute atomic E-state index is 15.7. The van der Waals surface area contributed by atoms with E-state index in [4.69, 9.17) is 4.74 Å². The lowest BCUT2D eigenvalue weighted by Crippen LogP contribution is -2.43. The van der Waals surface area contributed by atoms with Gasteiger partial charge < -0.3 is 24.6 Å². The lowest BCUT2D eigenvalue weighted by Gasteiger charge is -2.27. The first-order valence-electron chi connectivity index (χ1n) is 11.4. The van der Waals surface area contributed by atoms with Crippen LogP contribution in [0.15, 0.2) is 17.1 Å². The molecule has 1 fully saturated rings. The highest BCUT2D eigenvalue weighted by atomic mass is 19.1. The second-order valence-corrected chi connectivity index (χ2v) is 9.54. The fraction of sp³-hybridized carbons (Fsp3) is 0.542. The number of amides is 1. The fourth-order valence-corrected chi connectivity index (χ4v) is 4.50. The standard InChI is InChI=1S/C24H31F2N3O5/c1-6-17(27-23(33)34-24(3,4)5)13-8-9-29(11-13)20-16(25)10-14-19(18(20)26)28(7-2)12-15(21(14)30)22(31)32/h10,12-13,17H,6-9,11H2,1-5H3,(H,27,33)(H,31,32)/t13?,17-/m0/s1. The van der Waals surface area contributed by atoms with E-state index in [0.29, 0.717) is 25.9 Å². The van der Waals surface area contributed by atoms with Crippen molar-refractivity contribution in [3.05, 3.63) is 39.7 Å². The number of anilines is 1. The Morgan fingerprint density at radius 3 is 2.53 bits per heavy atom. The molecule has 2 N–H and O–H groups in total. The van der Waals surface area contributed by atoms with E-state index in [2.05, 4.69) is 5.32 Å². The van der Waals surface area contributed by atoms with Gasteiger partial charge in [0.15, 0.2) is 5.82 Å². The second kappa shape index (κ2) is 9.60. The van der Waals surface area contributed by atoms with Crippen LogP contribution in [0.25, 0.3) is 10.9 Å². The van der Waals surface area contributed by atoms with E-state index < -0.39 is 40.3 Å². The third-order valence-corrected chi connectivity index (χ3v) is 6.05. The number of rotatable bonds is 6. The van der Waals surface area contributed by atoms with Crippen LogP contribution < -0.4 is 15.6 Å². The van der Waals surface area contributed by atoms with Crippen molar-refractivity contribution >= 4 is 28.7 Å². The zero-order chi connectivity index (χ0) is 25.4. The van der Waals surface area contributed by atoms with E-state index in [-0.39, 0.29) is 35.1 Å². The van der Waals surface area contributed by atoms with Gasteiger partial charge in [0.1, 0.15) is 22.7 Å². The molecule has 1 amide bonds. The van der Waals surface area contributed by atoms with Crippen molar-refractivity contribution in [2.75, 3.05) is 18.0 Å². The van der Waals surface area contributed by atoms with E-state index in [1.807, 2.05) is 6.92 Å². The summed E-state index contributed by atoms with van der Waals surface area (Å²) in [6.45, 7) is 9.76. The molecular weight excluding hydrogens is 448 g/mol. The Morgan fingerprint density at radius 1 is 1.29 bits per heavy atom. The van der Waals surface area contributed by atoms with Gasteiger partial charge in [-0.1, -0.05) is 6.92 Å². The first kappa shape index (κ1) is 25.5. The molecule has 2 aromatic rings. The van der Waals surface area contributed by atoms with Crippen molar-refractivity contribution in [3.63, 3.8) is 0 Å². The Bertz CT molecular complexity index is 1170. The van der Waals surface area contributed by atoms with Gasteiger partial charge in [0.05, 0.1) is 10.9 Å². The summed E-state index contributed by atoms with van der Waals surface area (Å²) in [6, 6.07) is 0.677. The van der Waals surface area contributed by atoms with Gasteiger partial charge in [-0.3, -0.25) is 4.79 Å². The topological polar surface area (TPSA) is 101 Å². The molecule has 1 aliphatic heterocycles. The highest BCUT2D eigenvalue weighted by Crippen LogP contribution is 2.34. The molecule has 2 heterocycles. The number of hydrogen-bond donors (Lipinski definition) is 2. The van der Waals surface area contributed by atoms with Crippen molar-refractivity contribution < 1.29 is 28.2 Å². The average Bonchev–Trinajstić information content (AvgIpc) is 3.20. The molecule has 1 aliphatic rings. The van der Waals surface area contributed by atoms with Crippen molar-refractivity contribution in [1.82, 2.24) is 9.88 Å². The molecule has 1 aromatic heterocycles. The summed E-state index contributed by atoms with van der Waals surface area (Å²) in [6.07, 6.45) is 1.77. The average molecular weight is 480 g/mol. The molecule has 1 aromatic carbocycles. The molecule has 10 heteroatoms. The molecular formula is C24H31F2N3O5. The molecule has 0 spiro atoms. The van der Waals surface area contributed by atoms with Gasteiger partial charge in [0, 0.05) is 31.9 Å². The summed E-state index contributed by atoms with van der Waals surface area (Å²) in [5.74, 6) is -3.35. The number of benzene rings is 1. The van der Waals surface area contributed by atoms with Crippen LogP contribution in [0.4, 0.5) is 19.3 Å². The number of hydrogen-bond acceptors (Lipinski definition) is 5. The van der Waals surface area contributed by atoms with Crippen LogP contribution in [0.5, 0.6) is 0 Å². The predicted octanol–water partition coefficient (Wildman–Crippen LogP) is 4.13. The molecule has 0 saturated carbocycles.